The second-order valence-electron chi connectivity index (χ2n) is 6.64. The molecule has 1 atom stereocenters. The van der Waals surface area contributed by atoms with Crippen molar-refractivity contribution in [3.8, 4) is 0 Å². The van der Waals surface area contributed by atoms with Gasteiger partial charge < -0.3 is 19.1 Å². The standard InChI is InChI=1S/C16H21ClN2O5S/c1-16(2,3)24-15(21)19-8-6-18(7-9-19)14(20)11-4-5-12(17)13(10-11)25(22)23/h4-5,10H,6-9H2,1-3H3,(H,22,23)/p-1. The third-order valence-electron chi connectivity index (χ3n) is 3.58. The predicted molar refractivity (Wildman–Crippen MR) is 92.3 cm³/mol. The number of rotatable bonds is 2. The Morgan fingerprint density at radius 3 is 2.24 bits per heavy atom. The van der Waals surface area contributed by atoms with Gasteiger partial charge in [0.2, 0.25) is 0 Å². The monoisotopic (exact) mass is 387 g/mol. The molecule has 0 radical (unpaired) electrons. The Bertz CT molecular complexity index is 696. The van der Waals surface area contributed by atoms with Gasteiger partial charge in [-0.3, -0.25) is 9.00 Å². The smallest absolute Gasteiger partial charge is 0.410 e. The van der Waals surface area contributed by atoms with Crippen molar-refractivity contribution in [1.29, 1.82) is 0 Å². The quantitative estimate of drug-likeness (QED) is 0.726. The summed E-state index contributed by atoms with van der Waals surface area (Å²) in [6, 6.07) is 4.13. The van der Waals surface area contributed by atoms with Crippen molar-refractivity contribution >= 4 is 34.7 Å². The number of nitrogens with zero attached hydrogens (tertiary/aromatic N) is 2. The minimum absolute atomic E-state index is 0.0691. The molecule has 1 aromatic rings. The molecule has 1 aliphatic rings. The SMILES string of the molecule is CC(C)(C)OC(=O)N1CCN(C(=O)c2ccc(Cl)c(S(=O)[O-])c2)CC1. The van der Waals surface area contributed by atoms with Crippen molar-refractivity contribution in [3.05, 3.63) is 28.8 Å². The number of benzene rings is 1. The zero-order valence-corrected chi connectivity index (χ0v) is 15.9. The maximum atomic E-state index is 12.5. The Morgan fingerprint density at radius 2 is 1.72 bits per heavy atom. The number of carbonyl (C=O) groups excluding carboxylic acids is 2. The van der Waals surface area contributed by atoms with Crippen LogP contribution in [-0.4, -0.2) is 62.3 Å². The van der Waals surface area contributed by atoms with Crippen LogP contribution in [0.1, 0.15) is 31.1 Å². The van der Waals surface area contributed by atoms with E-state index in [1.165, 1.54) is 18.2 Å². The van der Waals surface area contributed by atoms with E-state index in [9.17, 15) is 18.4 Å². The molecule has 2 amide bonds. The second kappa shape index (κ2) is 7.72. The Hall–Kier alpha value is -1.64. The summed E-state index contributed by atoms with van der Waals surface area (Å²) in [6.07, 6.45) is -0.407. The average Bonchev–Trinajstić information content (AvgIpc) is 2.53. The highest BCUT2D eigenvalue weighted by atomic mass is 35.5. The van der Waals surface area contributed by atoms with E-state index in [1.807, 2.05) is 0 Å². The first kappa shape index (κ1) is 19.7. The normalized spacial score (nSPS) is 16.5. The molecule has 0 saturated carbocycles. The van der Waals surface area contributed by atoms with Gasteiger partial charge in [-0.2, -0.15) is 0 Å². The van der Waals surface area contributed by atoms with Crippen LogP contribution in [0.3, 0.4) is 0 Å². The van der Waals surface area contributed by atoms with Crippen LogP contribution in [0.5, 0.6) is 0 Å². The zero-order valence-electron chi connectivity index (χ0n) is 14.3. The lowest BCUT2D eigenvalue weighted by Crippen LogP contribution is -2.51. The average molecular weight is 388 g/mol. The van der Waals surface area contributed by atoms with Crippen LogP contribution in [0.2, 0.25) is 5.02 Å². The molecule has 0 spiro atoms. The fourth-order valence-electron chi connectivity index (χ4n) is 2.37. The van der Waals surface area contributed by atoms with E-state index in [0.29, 0.717) is 26.2 Å². The van der Waals surface area contributed by atoms with Gasteiger partial charge in [0.05, 0.1) is 5.02 Å². The fourth-order valence-corrected chi connectivity index (χ4v) is 3.12. The number of hydrogen-bond acceptors (Lipinski definition) is 5. The molecule has 1 saturated heterocycles. The summed E-state index contributed by atoms with van der Waals surface area (Å²) < 4.78 is 27.6. The largest absolute Gasteiger partial charge is 0.768 e. The summed E-state index contributed by atoms with van der Waals surface area (Å²) in [5, 5.41) is 0.0691. The summed E-state index contributed by atoms with van der Waals surface area (Å²) in [5.74, 6) is -0.299. The highest BCUT2D eigenvalue weighted by Crippen LogP contribution is 2.22. The maximum Gasteiger partial charge on any atom is 0.410 e. The molecule has 0 N–H and O–H groups in total. The van der Waals surface area contributed by atoms with E-state index in [2.05, 4.69) is 0 Å². The van der Waals surface area contributed by atoms with Crippen molar-refractivity contribution in [2.75, 3.05) is 26.2 Å². The molecule has 0 aliphatic carbocycles. The lowest BCUT2D eigenvalue weighted by atomic mass is 10.2. The second-order valence-corrected chi connectivity index (χ2v) is 7.96. The Morgan fingerprint density at radius 1 is 1.16 bits per heavy atom. The van der Waals surface area contributed by atoms with Crippen LogP contribution in [0.4, 0.5) is 4.79 Å². The van der Waals surface area contributed by atoms with Crippen LogP contribution in [0.15, 0.2) is 23.1 Å². The van der Waals surface area contributed by atoms with Crippen molar-refractivity contribution in [2.24, 2.45) is 0 Å². The summed E-state index contributed by atoms with van der Waals surface area (Å²) in [4.78, 5) is 27.6. The molecule has 1 unspecified atom stereocenters. The summed E-state index contributed by atoms with van der Waals surface area (Å²) >= 11 is 3.30. The molecule has 9 heteroatoms. The van der Waals surface area contributed by atoms with E-state index in [0.717, 1.165) is 0 Å². The molecule has 1 heterocycles. The van der Waals surface area contributed by atoms with Gasteiger partial charge in [-0.25, -0.2) is 4.79 Å². The third-order valence-corrected chi connectivity index (χ3v) is 4.71. The highest BCUT2D eigenvalue weighted by Gasteiger charge is 2.28. The van der Waals surface area contributed by atoms with Gasteiger partial charge in [0.15, 0.2) is 0 Å². The number of amides is 2. The summed E-state index contributed by atoms with van der Waals surface area (Å²) in [7, 11) is 0. The van der Waals surface area contributed by atoms with Crippen molar-refractivity contribution in [1.82, 2.24) is 9.80 Å². The van der Waals surface area contributed by atoms with E-state index in [1.54, 1.807) is 30.6 Å². The molecule has 0 aromatic heterocycles. The van der Waals surface area contributed by atoms with Gasteiger partial charge in [-0.05, 0) is 50.1 Å². The zero-order chi connectivity index (χ0) is 18.8. The molecule has 138 valence electrons. The van der Waals surface area contributed by atoms with Crippen LogP contribution < -0.4 is 0 Å². The molecule has 1 fully saturated rings. The van der Waals surface area contributed by atoms with Crippen molar-refractivity contribution < 1.29 is 23.1 Å². The van der Waals surface area contributed by atoms with Crippen LogP contribution in [0, 0.1) is 0 Å². The molecule has 2 rings (SSSR count). The Kier molecular flexibility index (Phi) is 6.08. The van der Waals surface area contributed by atoms with Crippen LogP contribution in [-0.2, 0) is 15.8 Å². The molecule has 7 nitrogen and oxygen atoms in total. The Labute approximate surface area is 154 Å². The minimum Gasteiger partial charge on any atom is -0.768 e. The first-order valence-corrected chi connectivity index (χ1v) is 9.20. The lowest BCUT2D eigenvalue weighted by Gasteiger charge is -2.35. The molecular weight excluding hydrogens is 368 g/mol. The van der Waals surface area contributed by atoms with Gasteiger partial charge in [0.25, 0.3) is 5.91 Å². The van der Waals surface area contributed by atoms with Crippen LogP contribution >= 0.6 is 11.6 Å². The van der Waals surface area contributed by atoms with Gasteiger partial charge in [0.1, 0.15) is 5.60 Å². The third kappa shape index (κ3) is 5.17. The Balaban J connectivity index is 2.01. The van der Waals surface area contributed by atoms with E-state index >= 15 is 0 Å². The molecule has 0 bridgehead atoms. The maximum absolute atomic E-state index is 12.5. The molecule has 1 aliphatic heterocycles. The number of hydrogen-bond donors (Lipinski definition) is 0. The van der Waals surface area contributed by atoms with Gasteiger partial charge >= 0.3 is 6.09 Å². The first-order chi connectivity index (χ1) is 11.6. The van der Waals surface area contributed by atoms with Crippen molar-refractivity contribution in [3.63, 3.8) is 0 Å². The summed E-state index contributed by atoms with van der Waals surface area (Å²) in [6.45, 7) is 6.78. The van der Waals surface area contributed by atoms with E-state index in [-0.39, 0.29) is 21.4 Å². The number of halogens is 1. The predicted octanol–water partition coefficient (Wildman–Crippen LogP) is 2.27. The van der Waals surface area contributed by atoms with E-state index < -0.39 is 22.8 Å². The number of piperazine rings is 1. The van der Waals surface area contributed by atoms with E-state index in [4.69, 9.17) is 16.3 Å². The lowest BCUT2D eigenvalue weighted by molar-refractivity contribution is 0.0141. The fraction of sp³-hybridized carbons (Fsp3) is 0.500. The van der Waals surface area contributed by atoms with Crippen molar-refractivity contribution in [2.45, 2.75) is 31.3 Å². The van der Waals surface area contributed by atoms with Gasteiger partial charge in [0, 0.05) is 36.6 Å². The van der Waals surface area contributed by atoms with Gasteiger partial charge in [-0.1, -0.05) is 11.6 Å². The topological polar surface area (TPSA) is 90.0 Å². The van der Waals surface area contributed by atoms with Crippen LogP contribution in [0.25, 0.3) is 0 Å². The summed E-state index contributed by atoms with van der Waals surface area (Å²) in [5.41, 5.74) is -0.327. The molecule has 1 aromatic carbocycles. The number of ether oxygens (including phenoxy) is 1. The minimum atomic E-state index is -2.52. The highest BCUT2D eigenvalue weighted by molar-refractivity contribution is 7.79. The first-order valence-electron chi connectivity index (χ1n) is 7.74. The molecule has 25 heavy (non-hydrogen) atoms. The number of carbonyl (C=O) groups is 2. The molecular formula is C16H20ClN2O5S-. The van der Waals surface area contributed by atoms with Gasteiger partial charge in [-0.15, -0.1) is 0 Å².